The zero-order valence-electron chi connectivity index (χ0n) is 25.1. The average molecular weight is 634 g/mol. The molecule has 3 aliphatic rings. The first-order chi connectivity index (χ1) is 21.0. The Kier molecular flexibility index (Phi) is 9.76. The van der Waals surface area contributed by atoms with Crippen LogP contribution in [-0.2, 0) is 14.3 Å². The molecule has 1 aromatic carbocycles. The van der Waals surface area contributed by atoms with E-state index in [1.165, 1.54) is 17.4 Å². The average Bonchev–Trinajstić information content (AvgIpc) is 3.59. The van der Waals surface area contributed by atoms with Crippen LogP contribution in [0, 0.1) is 24.6 Å². The van der Waals surface area contributed by atoms with E-state index in [1.807, 2.05) is 6.92 Å². The zero-order chi connectivity index (χ0) is 31.6. The maximum atomic E-state index is 15.6. The van der Waals surface area contributed by atoms with E-state index in [-0.39, 0.29) is 37.1 Å². The Morgan fingerprint density at radius 1 is 1.27 bits per heavy atom. The number of carbonyl (C=O) groups excluding carboxylic acids is 1. The fraction of sp³-hybridized carbons (Fsp3) is 0.548. The molecule has 1 saturated heterocycles. The van der Waals surface area contributed by atoms with Gasteiger partial charge in [-0.15, -0.1) is 11.3 Å². The molecule has 0 spiro atoms. The summed E-state index contributed by atoms with van der Waals surface area (Å²) in [4.78, 5) is 37.1. The number of amidine groups is 1. The number of benzene rings is 1. The van der Waals surface area contributed by atoms with Gasteiger partial charge in [-0.2, -0.15) is 0 Å². The number of esters is 1. The molecule has 0 unspecified atom stereocenters. The minimum atomic E-state index is -3.01. The summed E-state index contributed by atoms with van der Waals surface area (Å²) in [5, 5.41) is 14.7. The number of carboxylic acid groups (broad SMARTS) is 1. The second-order valence-electron chi connectivity index (χ2n) is 11.6. The molecular weight excluding hydrogens is 595 g/mol. The third-order valence-electron chi connectivity index (χ3n) is 8.85. The molecule has 0 amide bonds. The molecule has 0 radical (unpaired) electrons. The van der Waals surface area contributed by atoms with Crippen LogP contribution >= 0.6 is 11.3 Å². The Morgan fingerprint density at radius 3 is 2.70 bits per heavy atom. The summed E-state index contributed by atoms with van der Waals surface area (Å²) >= 11 is 1.33. The van der Waals surface area contributed by atoms with E-state index in [2.05, 4.69) is 10.3 Å². The molecule has 3 heterocycles. The molecule has 13 heteroatoms. The van der Waals surface area contributed by atoms with Crippen LogP contribution in [0.1, 0.15) is 55.3 Å². The topological polar surface area (TPSA) is 107 Å². The second-order valence-corrected chi connectivity index (χ2v) is 12.5. The summed E-state index contributed by atoms with van der Waals surface area (Å²) in [6.45, 7) is 5.69. The molecule has 2 atom stereocenters. The largest absolute Gasteiger partial charge is 0.481 e. The van der Waals surface area contributed by atoms with Crippen LogP contribution in [0.2, 0.25) is 0 Å². The Bertz CT molecular complexity index is 1430. The number of alkyl halides is 2. The lowest BCUT2D eigenvalue weighted by molar-refractivity contribution is -0.146. The van der Waals surface area contributed by atoms with Gasteiger partial charge in [-0.25, -0.2) is 22.9 Å². The summed E-state index contributed by atoms with van der Waals surface area (Å²) in [5.74, 6) is -4.63. The number of carbonyl (C=O) groups is 2. The van der Waals surface area contributed by atoms with Crippen LogP contribution in [-0.4, -0.2) is 89.0 Å². The lowest BCUT2D eigenvalue weighted by Crippen LogP contribution is -2.48. The number of nitrogens with one attached hydrogen (secondary N) is 1. The molecule has 2 fully saturated rings. The molecule has 0 bridgehead atoms. The van der Waals surface area contributed by atoms with Crippen LogP contribution in [0.15, 0.2) is 46.0 Å². The SMILES string of the molecule is CCOC(=O)C1=C(CN2C[C@@H](N(CC)CC[C@H]3C[C@H](C(=O)O)C3)C(F)(F)C2)NC(c2nccs2)=N[C@H]1c1cccc(F)c1C. The molecule has 2 aromatic rings. The Morgan fingerprint density at radius 2 is 2.05 bits per heavy atom. The summed E-state index contributed by atoms with van der Waals surface area (Å²) in [6, 6.07) is 2.63. The maximum Gasteiger partial charge on any atom is 0.338 e. The Labute approximate surface area is 258 Å². The number of likely N-dealkylation sites (N-methyl/N-ethyl adjacent to an activating group) is 1. The molecule has 44 heavy (non-hydrogen) atoms. The highest BCUT2D eigenvalue weighted by Crippen LogP contribution is 2.39. The number of nitrogens with zero attached hydrogens (tertiary/aromatic N) is 4. The van der Waals surface area contributed by atoms with E-state index in [4.69, 9.17) is 14.8 Å². The van der Waals surface area contributed by atoms with Gasteiger partial charge in [-0.3, -0.25) is 19.6 Å². The van der Waals surface area contributed by atoms with Crippen molar-refractivity contribution in [3.05, 3.63) is 63.0 Å². The van der Waals surface area contributed by atoms with Gasteiger partial charge in [-0.05, 0) is 69.3 Å². The van der Waals surface area contributed by atoms with Gasteiger partial charge in [0.15, 0.2) is 10.8 Å². The maximum absolute atomic E-state index is 15.6. The molecule has 1 aromatic heterocycles. The van der Waals surface area contributed by atoms with Crippen LogP contribution in [0.4, 0.5) is 13.2 Å². The highest BCUT2D eigenvalue weighted by atomic mass is 32.1. The quantitative estimate of drug-likeness (QED) is 0.326. The summed E-state index contributed by atoms with van der Waals surface area (Å²) in [7, 11) is 0. The minimum Gasteiger partial charge on any atom is -0.481 e. The van der Waals surface area contributed by atoms with Gasteiger partial charge in [0, 0.05) is 30.4 Å². The van der Waals surface area contributed by atoms with Gasteiger partial charge in [0.1, 0.15) is 11.9 Å². The van der Waals surface area contributed by atoms with Crippen molar-refractivity contribution in [1.82, 2.24) is 20.1 Å². The number of aromatic nitrogens is 1. The smallest absolute Gasteiger partial charge is 0.338 e. The number of thiazole rings is 1. The number of hydrogen-bond acceptors (Lipinski definition) is 9. The molecular formula is C31H38F3N5O4S. The van der Waals surface area contributed by atoms with Gasteiger partial charge in [0.05, 0.1) is 30.7 Å². The van der Waals surface area contributed by atoms with Crippen molar-refractivity contribution in [2.24, 2.45) is 16.8 Å². The van der Waals surface area contributed by atoms with Gasteiger partial charge in [-0.1, -0.05) is 19.1 Å². The van der Waals surface area contributed by atoms with Crippen molar-refractivity contribution in [1.29, 1.82) is 0 Å². The van der Waals surface area contributed by atoms with E-state index >= 15 is 8.78 Å². The second kappa shape index (κ2) is 13.4. The van der Waals surface area contributed by atoms with Gasteiger partial charge in [0.2, 0.25) is 0 Å². The zero-order valence-corrected chi connectivity index (χ0v) is 25.9. The third-order valence-corrected chi connectivity index (χ3v) is 9.63. The third kappa shape index (κ3) is 6.69. The van der Waals surface area contributed by atoms with Crippen LogP contribution in [0.5, 0.6) is 0 Å². The van der Waals surface area contributed by atoms with Crippen LogP contribution in [0.25, 0.3) is 0 Å². The van der Waals surface area contributed by atoms with Crippen molar-refractivity contribution in [2.75, 3.05) is 39.3 Å². The molecule has 5 rings (SSSR count). The number of likely N-dealkylation sites (tertiary alicyclic amines) is 1. The summed E-state index contributed by atoms with van der Waals surface area (Å²) < 4.78 is 51.3. The number of aliphatic carboxylic acids is 1. The van der Waals surface area contributed by atoms with Crippen LogP contribution in [0.3, 0.4) is 0 Å². The number of hydrogen-bond donors (Lipinski definition) is 2. The monoisotopic (exact) mass is 633 g/mol. The predicted octanol–water partition coefficient (Wildman–Crippen LogP) is 4.64. The first-order valence-corrected chi connectivity index (χ1v) is 15.9. The van der Waals surface area contributed by atoms with E-state index in [9.17, 15) is 14.0 Å². The number of halogens is 3. The number of carboxylic acids is 1. The molecule has 238 valence electrons. The number of aliphatic imine (C=N–C) groups is 1. The van der Waals surface area contributed by atoms with Crippen molar-refractivity contribution in [3.63, 3.8) is 0 Å². The highest BCUT2D eigenvalue weighted by Gasteiger charge is 2.51. The van der Waals surface area contributed by atoms with Crippen molar-refractivity contribution in [3.8, 4) is 0 Å². The van der Waals surface area contributed by atoms with Gasteiger partial charge < -0.3 is 15.2 Å². The molecule has 2 aliphatic heterocycles. The van der Waals surface area contributed by atoms with Crippen molar-refractivity contribution in [2.45, 2.75) is 58.0 Å². The van der Waals surface area contributed by atoms with E-state index in [0.29, 0.717) is 60.0 Å². The van der Waals surface area contributed by atoms with Crippen molar-refractivity contribution < 1.29 is 32.6 Å². The highest BCUT2D eigenvalue weighted by molar-refractivity contribution is 7.11. The Hall–Kier alpha value is -3.29. The minimum absolute atomic E-state index is 0.00400. The van der Waals surface area contributed by atoms with Gasteiger partial charge in [0.25, 0.3) is 5.92 Å². The lowest BCUT2D eigenvalue weighted by atomic mass is 9.73. The fourth-order valence-corrected chi connectivity index (χ4v) is 6.98. The first-order valence-electron chi connectivity index (χ1n) is 15.0. The first kappa shape index (κ1) is 32.1. The molecule has 9 nitrogen and oxygen atoms in total. The van der Waals surface area contributed by atoms with Crippen molar-refractivity contribution >= 4 is 29.1 Å². The van der Waals surface area contributed by atoms with E-state index in [0.717, 1.165) is 0 Å². The number of ether oxygens (including phenoxy) is 1. The normalized spacial score (nSPS) is 25.0. The Balaban J connectivity index is 1.42. The molecule has 2 N–H and O–H groups in total. The van der Waals surface area contributed by atoms with Crippen LogP contribution < -0.4 is 5.32 Å². The number of rotatable bonds is 12. The van der Waals surface area contributed by atoms with E-state index < -0.39 is 42.3 Å². The summed E-state index contributed by atoms with van der Waals surface area (Å²) in [6.07, 6.45) is 3.47. The lowest BCUT2D eigenvalue weighted by Gasteiger charge is -2.36. The molecule has 1 aliphatic carbocycles. The predicted molar refractivity (Wildman–Crippen MR) is 160 cm³/mol. The summed E-state index contributed by atoms with van der Waals surface area (Å²) in [5.41, 5.74) is 1.32. The van der Waals surface area contributed by atoms with E-state index in [1.54, 1.807) is 47.4 Å². The molecule has 1 saturated carbocycles. The standard InChI is InChI=1S/C31H38F3N5O4S/c1-4-39(11-9-19-13-20(14-19)29(40)41)24-16-38(17-31(24,33)34)15-23-25(30(42)43-5-2)26(21-7-6-8-22(32)18(21)3)37-27(36-23)28-35-10-12-44-28/h6-8,10,12,19-20,24,26H,4-5,9,11,13-17H2,1-3H3,(H,36,37)(H,40,41)/t19-,20-,24-,26+/m1/s1. The fourth-order valence-electron chi connectivity index (χ4n) is 6.39. The van der Waals surface area contributed by atoms with Gasteiger partial charge >= 0.3 is 11.9 Å².